The number of methoxy groups -OCH3 is 1. The van der Waals surface area contributed by atoms with Crippen LogP contribution in [-0.4, -0.2) is 164 Å². The molecule has 0 unspecified atom stereocenters. The van der Waals surface area contributed by atoms with Crippen molar-refractivity contribution in [3.8, 4) is 5.75 Å². The van der Waals surface area contributed by atoms with E-state index in [1.165, 1.54) is 31.4 Å². The monoisotopic (exact) mass is 1160 g/mol. The Labute approximate surface area is 472 Å². The van der Waals surface area contributed by atoms with Gasteiger partial charge in [-0.1, -0.05) is 36.4 Å². The molecule has 2 N–H and O–H groups in total. The van der Waals surface area contributed by atoms with Gasteiger partial charge < -0.3 is 44.1 Å². The van der Waals surface area contributed by atoms with Gasteiger partial charge in [0.15, 0.2) is 0 Å². The maximum atomic E-state index is 13.2. The molecule has 3 aromatic carbocycles. The van der Waals surface area contributed by atoms with Crippen molar-refractivity contribution >= 4 is 35.5 Å². The van der Waals surface area contributed by atoms with Crippen LogP contribution in [0.1, 0.15) is 96.2 Å². The molecule has 3 aromatic rings. The Morgan fingerprint density at radius 3 is 1.54 bits per heavy atom. The lowest BCUT2D eigenvalue weighted by atomic mass is 10.1. The Morgan fingerprint density at radius 2 is 1.10 bits per heavy atom. The first-order valence-corrected chi connectivity index (χ1v) is 23.3. The van der Waals surface area contributed by atoms with Gasteiger partial charge in [0.25, 0.3) is 12.2 Å². The molecule has 79 heavy (non-hydrogen) atoms. The van der Waals surface area contributed by atoms with Crippen molar-refractivity contribution in [3.63, 3.8) is 0 Å². The zero-order chi connectivity index (χ0) is 73.4. The number of carboxylic acids is 1. The topological polar surface area (TPSA) is 154 Å². The third kappa shape index (κ3) is 22.0. The maximum absolute atomic E-state index is 13.2. The lowest BCUT2D eigenvalue weighted by Gasteiger charge is -2.36. The summed E-state index contributed by atoms with van der Waals surface area (Å²) in [5, 5.41) is 11.6. The number of piperazine rings is 2. The number of halogens is 12. The molecule has 2 heterocycles. The minimum atomic E-state index is -6.29. The Hall–Kier alpha value is -6.38. The van der Waals surface area contributed by atoms with Gasteiger partial charge in [-0.2, -0.15) is 52.7 Å². The molecule has 27 heteroatoms. The first-order valence-electron chi connectivity index (χ1n) is 31.3. The SMILES string of the molecule is [2H]C1([2H])N(Cc2ccc(C)cc2N(CCCC(=O)OC(C)(C)C)Cc2ccc(OC)cc2)C([2H])([2H])C([2H])([2H])N(C(=O)OC(C(F)(F)F)C(F)(F)F)C1([2H])[2H].[2H]C1([2H])N(Cc2ccc(C)cc2NCCCC(=O)O)C([2H])([2H])C([2H])([2H])N(C(=O)OC(C(F)(F)F)C(F)(F)F)C1([2H])[2H]. The molecule has 5 rings (SSSR count). The predicted octanol–water partition coefficient (Wildman–Crippen LogP) is 10.9. The van der Waals surface area contributed by atoms with Crippen molar-refractivity contribution in [3.05, 3.63) is 88.5 Å². The second-order valence-corrected chi connectivity index (χ2v) is 18.1. The Kier molecular flexibility index (Phi) is 15.8. The molecule has 0 spiro atoms. The van der Waals surface area contributed by atoms with Crippen molar-refractivity contribution in [2.75, 3.05) is 82.4 Å². The van der Waals surface area contributed by atoms with Crippen molar-refractivity contribution in [2.45, 2.75) is 122 Å². The third-order valence-corrected chi connectivity index (χ3v) is 10.3. The molecule has 0 saturated carbocycles. The maximum Gasteiger partial charge on any atom is 0.434 e. The van der Waals surface area contributed by atoms with Gasteiger partial charge in [-0.15, -0.1) is 0 Å². The summed E-state index contributed by atoms with van der Waals surface area (Å²) in [6.45, 7) is -24.7. The summed E-state index contributed by atoms with van der Waals surface area (Å²) in [6, 6.07) is 15.8. The molecule has 2 aliphatic rings. The normalized spacial score (nSPS) is 23.2. The zero-order valence-corrected chi connectivity index (χ0v) is 42.8. The fraction of sp³-hybridized carbons (Fsp3) is 0.577. The zero-order valence-electron chi connectivity index (χ0n) is 58.8. The standard InChI is InChI=1S/C32H41F6N3O5.C20H25F6N3O4/c1-22-8-11-24(21-39-15-17-40(18-16-39)29(43)45-28(31(33,34)35)32(36,37)38)26(19-22)41(14-6-7-27(42)46-30(2,3)4)20-23-9-12-25(44-5)13-10-23;1-13-4-5-14(15(11-13)27-6-2-3-16(30)31)12-28-7-9-29(10-8-28)18(32)33-17(19(21,22)23)20(24,25)26/h8-13,19,28H,6-7,14-18,20-21H2,1-5H3;4-5,11,17,27H,2-3,6-10,12H2,1H3,(H,30,31)/i15D2,16D2,17D2,18D2;7D2,8D2,9D2,10D2. The van der Waals surface area contributed by atoms with Gasteiger partial charge in [-0.3, -0.25) is 19.4 Å². The summed E-state index contributed by atoms with van der Waals surface area (Å²) in [7, 11) is 1.48. The third-order valence-electron chi connectivity index (χ3n) is 10.3. The molecular weight excluding hydrogens is 1080 g/mol. The number of rotatable bonds is 19. The molecule has 442 valence electrons. The second kappa shape index (κ2) is 28.2. The lowest BCUT2D eigenvalue weighted by Crippen LogP contribution is -2.52. The van der Waals surface area contributed by atoms with Crippen molar-refractivity contribution < 1.29 is 118 Å². The van der Waals surface area contributed by atoms with E-state index in [1.54, 1.807) is 75.9 Å². The van der Waals surface area contributed by atoms with Gasteiger partial charge in [-0.05, 0) is 99.5 Å². The number of alkyl halides is 12. The number of carboxylic acid groups (broad SMARTS) is 1. The number of carbonyl (C=O) groups is 4. The number of amides is 2. The van der Waals surface area contributed by atoms with E-state index < -0.39 is 142 Å². The van der Waals surface area contributed by atoms with Crippen LogP contribution in [0.5, 0.6) is 5.75 Å². The number of hydrogen-bond donors (Lipinski definition) is 2. The number of carbonyl (C=O) groups excluding carboxylic acids is 3. The summed E-state index contributed by atoms with van der Waals surface area (Å²) in [6.07, 6.45) is -40.6. The van der Waals surface area contributed by atoms with E-state index in [-0.39, 0.29) is 71.9 Å². The smallest absolute Gasteiger partial charge is 0.434 e. The molecule has 2 amide bonds. The summed E-state index contributed by atoms with van der Waals surface area (Å²) in [5.41, 5.74) is 1.87. The molecular formula is C52H66F12N6O9. The van der Waals surface area contributed by atoms with Crippen LogP contribution in [-0.2, 0) is 43.4 Å². The minimum Gasteiger partial charge on any atom is -0.497 e. The molecule has 15 nitrogen and oxygen atoms in total. The summed E-state index contributed by atoms with van der Waals surface area (Å²) in [4.78, 5) is 48.3. The molecule has 0 bridgehead atoms. The molecule has 0 atom stereocenters. The highest BCUT2D eigenvalue weighted by molar-refractivity contribution is 5.70. The van der Waals surface area contributed by atoms with Crippen LogP contribution in [0.25, 0.3) is 0 Å². The molecule has 0 aliphatic carbocycles. The average molecular weight is 1160 g/mol. The van der Waals surface area contributed by atoms with Gasteiger partial charge in [-0.25, -0.2) is 9.59 Å². The quantitative estimate of drug-likeness (QED) is 0.0507. The van der Waals surface area contributed by atoms with E-state index in [1.807, 2.05) is 0 Å². The second-order valence-electron chi connectivity index (χ2n) is 18.1. The van der Waals surface area contributed by atoms with E-state index in [4.69, 9.17) is 36.5 Å². The number of anilines is 2. The highest BCUT2D eigenvalue weighted by Crippen LogP contribution is 2.38. The number of nitrogens with one attached hydrogen (secondary N) is 1. The molecule has 2 aliphatic heterocycles. The van der Waals surface area contributed by atoms with Crippen LogP contribution in [0, 0.1) is 13.8 Å². The van der Waals surface area contributed by atoms with Crippen LogP contribution >= 0.6 is 0 Å². The van der Waals surface area contributed by atoms with E-state index in [2.05, 4.69) is 14.8 Å². The van der Waals surface area contributed by atoms with Crippen LogP contribution in [0.3, 0.4) is 0 Å². The summed E-state index contributed by atoms with van der Waals surface area (Å²) < 4.78 is 308. The Balaban J connectivity index is 0.000000420. The highest BCUT2D eigenvalue weighted by Gasteiger charge is 2.61. The first kappa shape index (κ1) is 44.4. The number of benzene rings is 3. The number of nitrogens with zero attached hydrogens (tertiary/aromatic N) is 5. The molecule has 2 saturated heterocycles. The van der Waals surface area contributed by atoms with Crippen molar-refractivity contribution in [2.24, 2.45) is 0 Å². The van der Waals surface area contributed by atoms with Crippen LogP contribution < -0.4 is 15.0 Å². The summed E-state index contributed by atoms with van der Waals surface area (Å²) >= 11 is 0. The van der Waals surface area contributed by atoms with Gasteiger partial charge in [0.1, 0.15) is 11.4 Å². The van der Waals surface area contributed by atoms with E-state index in [9.17, 15) is 71.9 Å². The largest absolute Gasteiger partial charge is 0.497 e. The fourth-order valence-corrected chi connectivity index (χ4v) is 6.78. The van der Waals surface area contributed by atoms with Crippen molar-refractivity contribution in [1.82, 2.24) is 19.6 Å². The van der Waals surface area contributed by atoms with Crippen LogP contribution in [0.2, 0.25) is 0 Å². The van der Waals surface area contributed by atoms with Gasteiger partial charge >= 0.3 is 48.8 Å². The van der Waals surface area contributed by atoms with Crippen molar-refractivity contribution in [1.29, 1.82) is 0 Å². The number of ether oxygens (including phenoxy) is 4. The fourth-order valence-electron chi connectivity index (χ4n) is 6.78. The van der Waals surface area contributed by atoms with Crippen LogP contribution in [0.15, 0.2) is 60.7 Å². The first-order chi connectivity index (χ1) is 42.7. The average Bonchev–Trinajstić information content (AvgIpc) is 0.698. The Morgan fingerprint density at radius 1 is 0.646 bits per heavy atom. The van der Waals surface area contributed by atoms with E-state index in [0.29, 0.717) is 22.6 Å². The van der Waals surface area contributed by atoms with Crippen LogP contribution in [0.4, 0.5) is 73.6 Å². The Bertz CT molecular complexity index is 3140. The molecule has 2 fully saturated rings. The van der Waals surface area contributed by atoms with Gasteiger partial charge in [0.05, 0.1) is 18.1 Å². The number of esters is 1. The minimum absolute atomic E-state index is 0.00186. The summed E-state index contributed by atoms with van der Waals surface area (Å²) in [5.74, 6) is -1.03. The highest BCUT2D eigenvalue weighted by atomic mass is 19.4. The predicted molar refractivity (Wildman–Crippen MR) is 265 cm³/mol. The van der Waals surface area contributed by atoms with E-state index >= 15 is 0 Å². The number of hydrogen-bond acceptors (Lipinski definition) is 12. The van der Waals surface area contributed by atoms with Gasteiger partial charge in [0.2, 0.25) is 0 Å². The van der Waals surface area contributed by atoms with Gasteiger partial charge in [0, 0.05) is 120 Å². The number of aryl methyl sites for hydroxylation is 2. The molecule has 0 radical (unpaired) electrons. The number of aliphatic carboxylic acids is 1. The molecule has 0 aromatic heterocycles. The lowest BCUT2D eigenvalue weighted by molar-refractivity contribution is -0.309. The van der Waals surface area contributed by atoms with E-state index in [0.717, 1.165) is 5.56 Å².